The molecule has 4 heterocycles. The summed E-state index contributed by atoms with van der Waals surface area (Å²) in [5.74, 6) is -0.372. The van der Waals surface area contributed by atoms with Gasteiger partial charge in [-0.25, -0.2) is 18.7 Å². The lowest BCUT2D eigenvalue weighted by atomic mass is 10.00. The lowest BCUT2D eigenvalue weighted by Crippen LogP contribution is -2.17. The minimum absolute atomic E-state index is 0.00370. The van der Waals surface area contributed by atoms with Crippen molar-refractivity contribution in [2.75, 3.05) is 62.1 Å². The number of ether oxygens (including phenoxy) is 2. The van der Waals surface area contributed by atoms with E-state index in [1.165, 1.54) is 49.1 Å². The number of imidazole rings is 2. The molecule has 6 N–H and O–H groups in total. The minimum Gasteiger partial charge on any atom is -0.369 e. The molecule has 0 aliphatic rings. The van der Waals surface area contributed by atoms with Crippen molar-refractivity contribution in [1.82, 2.24) is 39.0 Å². The van der Waals surface area contributed by atoms with Crippen molar-refractivity contribution in [1.29, 1.82) is 0 Å². The van der Waals surface area contributed by atoms with Crippen LogP contribution in [-0.4, -0.2) is 99.9 Å². The number of halogens is 2. The molecule has 0 spiro atoms. The van der Waals surface area contributed by atoms with Gasteiger partial charge >= 0.3 is 15.2 Å². The summed E-state index contributed by atoms with van der Waals surface area (Å²) in [6.07, 6.45) is 2.50. The summed E-state index contributed by atoms with van der Waals surface area (Å²) in [7, 11) is -7.48. The average molecular weight is 1060 g/mol. The fourth-order valence-corrected chi connectivity index (χ4v) is 9.95. The standard InChI is InChI=1S/C22H29FN5O6PS.C20H25FN5O6PS/c1-22(2,3)20(30)36-10-9-33-35(31,34-12-15-5-4-6-16(23)11-15)14-32-8-7-28-13-25-17-18(28)26-21(24)27-19(17)29;1-2-16(27)34-9-8-31-33(29,32-11-14-4-3-5-15(21)10-14)13-30-7-6-26-12-23-17-18(26)24-20(22)25-19(17)28/h4-6,11,13H,7-10,12,14H2,1-3H3,(H3,24,26,27,29);3-5,10,12H,2,6-9,11,13H2,1H3,(H3,22,24,25,28). The Morgan fingerprint density at radius 1 is 0.700 bits per heavy atom. The van der Waals surface area contributed by atoms with E-state index in [1.807, 2.05) is 20.8 Å². The van der Waals surface area contributed by atoms with Crippen molar-refractivity contribution in [3.05, 3.63) is 105 Å². The smallest absolute Gasteiger partial charge is 0.356 e. The highest BCUT2D eigenvalue weighted by molar-refractivity contribution is 8.13. The molecular weight excluding hydrogens is 1000 g/mol. The molecule has 0 saturated heterocycles. The molecule has 22 nitrogen and oxygen atoms in total. The molecule has 0 aliphatic heterocycles. The number of nitrogen functional groups attached to an aromatic ring is 2. The number of nitrogens with two attached hydrogens (primary N) is 2. The monoisotopic (exact) mass is 1050 g/mol. The highest BCUT2D eigenvalue weighted by atomic mass is 32.2. The zero-order valence-corrected chi connectivity index (χ0v) is 42.1. The summed E-state index contributed by atoms with van der Waals surface area (Å²) in [6, 6.07) is 11.4. The number of carbonyl (C=O) groups is 2. The second-order valence-corrected chi connectivity index (χ2v) is 22.1. The first-order chi connectivity index (χ1) is 33.3. The lowest BCUT2D eigenvalue weighted by molar-refractivity contribution is -0.117. The lowest BCUT2D eigenvalue weighted by Gasteiger charge is -2.20. The Labute approximate surface area is 408 Å². The minimum atomic E-state index is -3.76. The summed E-state index contributed by atoms with van der Waals surface area (Å²) < 4.78 is 89.7. The quantitative estimate of drug-likeness (QED) is 0.0353. The number of aromatic nitrogens is 8. The van der Waals surface area contributed by atoms with Crippen LogP contribution < -0.4 is 22.6 Å². The molecule has 0 radical (unpaired) electrons. The van der Waals surface area contributed by atoms with Crippen molar-refractivity contribution in [3.63, 3.8) is 0 Å². The van der Waals surface area contributed by atoms with E-state index in [-0.39, 0.29) is 104 Å². The van der Waals surface area contributed by atoms with Gasteiger partial charge in [0.15, 0.2) is 32.6 Å². The van der Waals surface area contributed by atoms with Gasteiger partial charge < -0.3 is 48.2 Å². The summed E-state index contributed by atoms with van der Waals surface area (Å²) in [4.78, 5) is 68.2. The van der Waals surface area contributed by atoms with E-state index >= 15 is 0 Å². The molecule has 2 unspecified atom stereocenters. The molecule has 0 bridgehead atoms. The number of H-pyrrole nitrogens is 2. The molecule has 4 aromatic heterocycles. The second-order valence-electron chi connectivity index (χ2n) is 15.9. The maximum atomic E-state index is 13.5. The molecule has 6 rings (SSSR count). The van der Waals surface area contributed by atoms with E-state index in [0.29, 0.717) is 34.6 Å². The number of carbonyl (C=O) groups excluding carboxylic acids is 2. The van der Waals surface area contributed by atoms with Gasteiger partial charge in [-0.1, -0.05) is 75.5 Å². The topological polar surface area (TPSA) is 303 Å². The molecule has 28 heteroatoms. The van der Waals surface area contributed by atoms with E-state index < -0.39 is 43.4 Å². The van der Waals surface area contributed by atoms with Crippen LogP contribution in [0.4, 0.5) is 20.7 Å². The first kappa shape index (κ1) is 55.8. The fourth-order valence-electron chi connectivity index (χ4n) is 5.73. The van der Waals surface area contributed by atoms with Gasteiger partial charge in [-0.05, 0) is 35.4 Å². The molecule has 0 saturated carbocycles. The number of anilines is 2. The average Bonchev–Trinajstić information content (AvgIpc) is 3.92. The fraction of sp³-hybridized carbons (Fsp3) is 0.429. The molecule has 2 aromatic carbocycles. The maximum absolute atomic E-state index is 13.5. The zero-order chi connectivity index (χ0) is 50.9. The van der Waals surface area contributed by atoms with E-state index in [0.717, 1.165) is 23.5 Å². The Bertz CT molecular complexity index is 2930. The normalized spacial score (nSPS) is 13.5. The van der Waals surface area contributed by atoms with Crippen LogP contribution in [0.15, 0.2) is 70.8 Å². The van der Waals surface area contributed by atoms with Crippen molar-refractivity contribution < 1.29 is 55.1 Å². The third-order valence-electron chi connectivity index (χ3n) is 9.21. The van der Waals surface area contributed by atoms with Crippen molar-refractivity contribution >= 4 is 83.2 Å². The van der Waals surface area contributed by atoms with Crippen LogP contribution >= 0.6 is 38.7 Å². The SMILES string of the molecule is CC(C)(C)C(=O)SCCOP(=O)(COCCn1cnc2c(=O)[nH]c(N)nc21)OCc1cccc(F)c1.CCC(=O)SCCOP(=O)(COCCn1cnc2c(=O)[nH]c(N)nc21)OCc1cccc(F)c1. The number of benzene rings is 2. The van der Waals surface area contributed by atoms with Crippen LogP contribution in [0.2, 0.25) is 0 Å². The predicted octanol–water partition coefficient (Wildman–Crippen LogP) is 6.46. The van der Waals surface area contributed by atoms with Gasteiger partial charge in [0.25, 0.3) is 11.1 Å². The second kappa shape index (κ2) is 26.3. The maximum Gasteiger partial charge on any atom is 0.356 e. The Morgan fingerprint density at radius 3 is 1.56 bits per heavy atom. The Kier molecular flexibility index (Phi) is 21.0. The number of thioether (sulfide) groups is 2. The molecule has 380 valence electrons. The van der Waals surface area contributed by atoms with Gasteiger partial charge in [0.1, 0.15) is 24.3 Å². The van der Waals surface area contributed by atoms with Crippen LogP contribution in [0.1, 0.15) is 45.2 Å². The highest BCUT2D eigenvalue weighted by Gasteiger charge is 2.28. The molecular formula is C42H54F2N10O12P2S2. The van der Waals surface area contributed by atoms with Crippen molar-refractivity contribution in [3.8, 4) is 0 Å². The van der Waals surface area contributed by atoms with Crippen LogP contribution in [0.25, 0.3) is 22.3 Å². The molecule has 2 atom stereocenters. The van der Waals surface area contributed by atoms with Gasteiger partial charge in [-0.2, -0.15) is 9.97 Å². The van der Waals surface area contributed by atoms with E-state index in [4.69, 9.17) is 39.0 Å². The molecule has 0 amide bonds. The van der Waals surface area contributed by atoms with Crippen molar-refractivity contribution in [2.45, 2.75) is 60.4 Å². The number of aromatic amines is 2. The number of nitrogens with one attached hydrogen (secondary N) is 2. The van der Waals surface area contributed by atoms with E-state index in [1.54, 1.807) is 28.2 Å². The zero-order valence-electron chi connectivity index (χ0n) is 38.7. The molecule has 70 heavy (non-hydrogen) atoms. The third-order valence-corrected chi connectivity index (χ3v) is 14.6. The van der Waals surface area contributed by atoms with E-state index in [9.17, 15) is 37.1 Å². The Morgan fingerprint density at radius 2 is 1.14 bits per heavy atom. The number of hydrogen-bond donors (Lipinski definition) is 4. The molecule has 0 fully saturated rings. The number of nitrogens with zero attached hydrogens (tertiary/aromatic N) is 6. The first-order valence-electron chi connectivity index (χ1n) is 21.4. The third kappa shape index (κ3) is 17.6. The number of hydrogen-bond acceptors (Lipinski definition) is 20. The van der Waals surface area contributed by atoms with Gasteiger partial charge in [-0.3, -0.25) is 38.3 Å². The van der Waals surface area contributed by atoms with Crippen LogP contribution in [0.3, 0.4) is 0 Å². The van der Waals surface area contributed by atoms with E-state index in [2.05, 4.69) is 29.9 Å². The number of fused-ring (bicyclic) bond motifs is 2. The van der Waals surface area contributed by atoms with Crippen LogP contribution in [-0.2, 0) is 72.6 Å². The predicted molar refractivity (Wildman–Crippen MR) is 261 cm³/mol. The summed E-state index contributed by atoms with van der Waals surface area (Å²) in [5.41, 5.74) is 11.6. The largest absolute Gasteiger partial charge is 0.369 e. The highest BCUT2D eigenvalue weighted by Crippen LogP contribution is 2.50. The number of rotatable bonds is 25. The first-order valence-corrected chi connectivity index (χ1v) is 26.8. The van der Waals surface area contributed by atoms with Gasteiger partial charge in [0.2, 0.25) is 11.9 Å². The molecule has 6 aromatic rings. The van der Waals surface area contributed by atoms with Gasteiger partial charge in [-0.15, -0.1) is 0 Å². The van der Waals surface area contributed by atoms with Crippen molar-refractivity contribution in [2.24, 2.45) is 5.41 Å². The summed E-state index contributed by atoms with van der Waals surface area (Å²) in [5, 5.41) is -0.0190. The molecule has 0 aliphatic carbocycles. The van der Waals surface area contributed by atoms with Crippen LogP contribution in [0, 0.1) is 17.0 Å². The summed E-state index contributed by atoms with van der Waals surface area (Å²) >= 11 is 2.16. The van der Waals surface area contributed by atoms with Gasteiger partial charge in [0, 0.05) is 36.4 Å². The summed E-state index contributed by atoms with van der Waals surface area (Å²) in [6.45, 7) is 7.56. The van der Waals surface area contributed by atoms with Crippen LogP contribution in [0.5, 0.6) is 0 Å². The Balaban J connectivity index is 0.000000261. The van der Waals surface area contributed by atoms with Gasteiger partial charge in [0.05, 0.1) is 52.3 Å². The Hall–Kier alpha value is -5.14.